The van der Waals surface area contributed by atoms with Crippen LogP contribution in [0.15, 0.2) is 16.9 Å². The molecule has 2 nitrogen and oxygen atoms in total. The van der Waals surface area contributed by atoms with Crippen molar-refractivity contribution in [3.63, 3.8) is 0 Å². The first-order valence-electron chi connectivity index (χ1n) is 5.17. The third-order valence-corrected chi connectivity index (χ3v) is 3.83. The monoisotopic (exact) mass is 288 g/mol. The highest BCUT2D eigenvalue weighted by Crippen LogP contribution is 2.16. The average molecular weight is 289 g/mol. The van der Waals surface area contributed by atoms with Gasteiger partial charge in [0.2, 0.25) is 0 Å². The van der Waals surface area contributed by atoms with Gasteiger partial charge in [-0.25, -0.2) is 4.98 Å². The van der Waals surface area contributed by atoms with E-state index in [1.54, 1.807) is 0 Å². The fraction of sp³-hybridized carbons (Fsp3) is 0.545. The first-order valence-corrected chi connectivity index (χ1v) is 7.12. The van der Waals surface area contributed by atoms with E-state index >= 15 is 0 Å². The van der Waals surface area contributed by atoms with Gasteiger partial charge in [0.15, 0.2) is 0 Å². The molecule has 4 heteroatoms. The van der Waals surface area contributed by atoms with Crippen LogP contribution in [-0.2, 0) is 0 Å². The van der Waals surface area contributed by atoms with Gasteiger partial charge in [-0.2, -0.15) is 11.8 Å². The lowest BCUT2D eigenvalue weighted by molar-refractivity contribution is 0.987. The predicted octanol–water partition coefficient (Wildman–Crippen LogP) is 3.71. The van der Waals surface area contributed by atoms with E-state index in [9.17, 15) is 0 Å². The van der Waals surface area contributed by atoms with E-state index in [1.165, 1.54) is 23.5 Å². The van der Waals surface area contributed by atoms with Crippen LogP contribution in [0.1, 0.15) is 18.9 Å². The minimum Gasteiger partial charge on any atom is -0.384 e. The molecule has 1 heterocycles. The fourth-order valence-electron chi connectivity index (χ4n) is 1.21. The van der Waals surface area contributed by atoms with Gasteiger partial charge in [0, 0.05) is 6.54 Å². The Labute approximate surface area is 104 Å². The van der Waals surface area contributed by atoms with Crippen molar-refractivity contribution >= 4 is 33.4 Å². The number of nitrogens with zero attached hydrogens (tertiary/aromatic N) is 1. The van der Waals surface area contributed by atoms with Gasteiger partial charge in [-0.1, -0.05) is 6.92 Å². The molecule has 15 heavy (non-hydrogen) atoms. The molecule has 1 N–H and O–H groups in total. The van der Waals surface area contributed by atoms with Gasteiger partial charge in [0.05, 0.1) is 11.9 Å². The van der Waals surface area contributed by atoms with Gasteiger partial charge in [0.25, 0.3) is 0 Å². The van der Waals surface area contributed by atoms with Crippen LogP contribution in [0.3, 0.4) is 0 Å². The van der Waals surface area contributed by atoms with E-state index in [2.05, 4.69) is 46.1 Å². The summed E-state index contributed by atoms with van der Waals surface area (Å²) in [5, 5.41) is 3.37. The number of halogens is 1. The highest BCUT2D eigenvalue weighted by atomic mass is 79.9. The van der Waals surface area contributed by atoms with Crippen LogP contribution in [0.4, 0.5) is 5.69 Å². The number of hydrogen-bond acceptors (Lipinski definition) is 3. The molecule has 0 bridgehead atoms. The molecular weight excluding hydrogens is 272 g/mol. The second-order valence-corrected chi connectivity index (χ2v) is 5.45. The number of anilines is 1. The van der Waals surface area contributed by atoms with Gasteiger partial charge in [-0.3, -0.25) is 0 Å². The van der Waals surface area contributed by atoms with Crippen LogP contribution in [0, 0.1) is 6.92 Å². The summed E-state index contributed by atoms with van der Waals surface area (Å²) in [6.45, 7) is 5.27. The van der Waals surface area contributed by atoms with Crippen molar-refractivity contribution in [1.29, 1.82) is 0 Å². The predicted molar refractivity (Wildman–Crippen MR) is 72.8 cm³/mol. The van der Waals surface area contributed by atoms with E-state index in [1.807, 2.05) is 18.0 Å². The number of hydrogen-bond donors (Lipinski definition) is 1. The molecule has 0 fully saturated rings. The zero-order valence-corrected chi connectivity index (χ0v) is 11.6. The van der Waals surface area contributed by atoms with Gasteiger partial charge in [-0.15, -0.1) is 0 Å². The van der Waals surface area contributed by atoms with Crippen LogP contribution in [0.25, 0.3) is 0 Å². The van der Waals surface area contributed by atoms with Crippen LogP contribution in [0.5, 0.6) is 0 Å². The van der Waals surface area contributed by atoms with Crippen LogP contribution in [0.2, 0.25) is 0 Å². The molecule has 0 aliphatic carbocycles. The van der Waals surface area contributed by atoms with E-state index < -0.39 is 0 Å². The SMILES string of the molecule is CCSCCCNc1cnc(Br)c(C)c1. The van der Waals surface area contributed by atoms with E-state index in [0.29, 0.717) is 0 Å². The Balaban J connectivity index is 2.28. The summed E-state index contributed by atoms with van der Waals surface area (Å²) < 4.78 is 0.926. The molecule has 1 aromatic rings. The highest BCUT2D eigenvalue weighted by Gasteiger charge is 1.97. The first kappa shape index (κ1) is 12.8. The Morgan fingerprint density at radius 2 is 2.33 bits per heavy atom. The van der Waals surface area contributed by atoms with Crippen molar-refractivity contribution in [2.24, 2.45) is 0 Å². The van der Waals surface area contributed by atoms with Crippen LogP contribution in [-0.4, -0.2) is 23.0 Å². The first-order chi connectivity index (χ1) is 7.24. The van der Waals surface area contributed by atoms with Crippen molar-refractivity contribution in [2.45, 2.75) is 20.3 Å². The summed E-state index contributed by atoms with van der Waals surface area (Å²) in [7, 11) is 0. The fourth-order valence-corrected chi connectivity index (χ4v) is 2.06. The summed E-state index contributed by atoms with van der Waals surface area (Å²) in [5.74, 6) is 2.44. The van der Waals surface area contributed by atoms with Crippen molar-refractivity contribution < 1.29 is 0 Å². The Hall–Kier alpha value is -0.220. The number of aromatic nitrogens is 1. The minimum absolute atomic E-state index is 0.926. The molecule has 0 aromatic carbocycles. The van der Waals surface area contributed by atoms with E-state index in [0.717, 1.165) is 16.8 Å². The second-order valence-electron chi connectivity index (χ2n) is 3.31. The average Bonchev–Trinajstić information content (AvgIpc) is 2.23. The molecule has 0 spiro atoms. The third kappa shape index (κ3) is 4.89. The lowest BCUT2D eigenvalue weighted by atomic mass is 10.3. The number of aryl methyl sites for hydroxylation is 1. The number of thioether (sulfide) groups is 1. The van der Waals surface area contributed by atoms with Crippen molar-refractivity contribution in [1.82, 2.24) is 4.98 Å². The maximum Gasteiger partial charge on any atom is 0.109 e. The Bertz CT molecular complexity index is 305. The maximum absolute atomic E-state index is 4.24. The van der Waals surface area contributed by atoms with Crippen LogP contribution >= 0.6 is 27.7 Å². The Morgan fingerprint density at radius 3 is 3.00 bits per heavy atom. The summed E-state index contributed by atoms with van der Waals surface area (Å²) in [5.41, 5.74) is 2.28. The largest absolute Gasteiger partial charge is 0.384 e. The molecular formula is C11H17BrN2S. The zero-order valence-electron chi connectivity index (χ0n) is 9.22. The lowest BCUT2D eigenvalue weighted by Gasteiger charge is -2.07. The summed E-state index contributed by atoms with van der Waals surface area (Å²) in [6.07, 6.45) is 3.07. The lowest BCUT2D eigenvalue weighted by Crippen LogP contribution is -2.03. The van der Waals surface area contributed by atoms with Gasteiger partial charge in [-0.05, 0) is 52.4 Å². The quantitative estimate of drug-likeness (QED) is 0.638. The number of rotatable bonds is 6. The Morgan fingerprint density at radius 1 is 1.53 bits per heavy atom. The molecule has 0 amide bonds. The standard InChI is InChI=1S/C11H17BrN2S/c1-3-15-6-4-5-13-10-7-9(2)11(12)14-8-10/h7-8,13H,3-6H2,1-2H3. The molecule has 0 atom stereocenters. The summed E-state index contributed by atoms with van der Waals surface area (Å²) in [6, 6.07) is 2.12. The summed E-state index contributed by atoms with van der Waals surface area (Å²) >= 11 is 5.38. The highest BCUT2D eigenvalue weighted by molar-refractivity contribution is 9.10. The smallest absolute Gasteiger partial charge is 0.109 e. The molecule has 84 valence electrons. The maximum atomic E-state index is 4.24. The molecule has 0 unspecified atom stereocenters. The topological polar surface area (TPSA) is 24.9 Å². The zero-order chi connectivity index (χ0) is 11.1. The van der Waals surface area contributed by atoms with Gasteiger partial charge < -0.3 is 5.32 Å². The van der Waals surface area contributed by atoms with Crippen LogP contribution < -0.4 is 5.32 Å². The van der Waals surface area contributed by atoms with Crippen molar-refractivity contribution in [2.75, 3.05) is 23.4 Å². The number of pyridine rings is 1. The van der Waals surface area contributed by atoms with Gasteiger partial charge >= 0.3 is 0 Å². The second kappa shape index (κ2) is 7.12. The summed E-state index contributed by atoms with van der Waals surface area (Å²) in [4.78, 5) is 4.24. The molecule has 0 saturated heterocycles. The number of nitrogens with one attached hydrogen (secondary N) is 1. The Kier molecular flexibility index (Phi) is 6.10. The molecule has 0 saturated carbocycles. The minimum atomic E-state index is 0.926. The normalized spacial score (nSPS) is 10.3. The molecule has 0 radical (unpaired) electrons. The van der Waals surface area contributed by atoms with Crippen molar-refractivity contribution in [3.05, 3.63) is 22.4 Å². The van der Waals surface area contributed by atoms with Gasteiger partial charge in [0.1, 0.15) is 4.60 Å². The van der Waals surface area contributed by atoms with E-state index in [4.69, 9.17) is 0 Å². The van der Waals surface area contributed by atoms with E-state index in [-0.39, 0.29) is 0 Å². The molecule has 0 aliphatic rings. The molecule has 1 aromatic heterocycles. The third-order valence-electron chi connectivity index (χ3n) is 2.01. The van der Waals surface area contributed by atoms with Crippen molar-refractivity contribution in [3.8, 4) is 0 Å². The molecule has 1 rings (SSSR count). The molecule has 0 aliphatic heterocycles.